The van der Waals surface area contributed by atoms with Gasteiger partial charge in [-0.25, -0.2) is 8.78 Å². The molecule has 0 saturated carbocycles. The number of carbonyl (C=O) groups excluding carboxylic acids is 1. The molecule has 1 aliphatic rings. The molecule has 25 heavy (non-hydrogen) atoms. The number of nitrogens with two attached hydrogens (primary N) is 1. The van der Waals surface area contributed by atoms with Crippen LogP contribution in [0.25, 0.3) is 0 Å². The molecule has 130 valence electrons. The SMILES string of the molecule is Cc1cccc(C2CC(COc3ccc(F)c(C(N)=O)c3F)=NO2)c1. The lowest BCUT2D eigenvalue weighted by Gasteiger charge is -2.10. The molecule has 1 aliphatic heterocycles. The van der Waals surface area contributed by atoms with Crippen LogP contribution in [0.5, 0.6) is 5.75 Å². The first-order valence-electron chi connectivity index (χ1n) is 7.64. The van der Waals surface area contributed by atoms with Crippen LogP contribution in [0.15, 0.2) is 41.6 Å². The Hall–Kier alpha value is -2.96. The topological polar surface area (TPSA) is 73.9 Å². The lowest BCUT2D eigenvalue weighted by atomic mass is 10.0. The fourth-order valence-corrected chi connectivity index (χ4v) is 2.59. The van der Waals surface area contributed by atoms with Crippen LogP contribution in [0, 0.1) is 18.6 Å². The van der Waals surface area contributed by atoms with E-state index in [4.69, 9.17) is 15.3 Å². The number of ether oxygens (including phenoxy) is 1. The minimum absolute atomic E-state index is 0.0386. The molecule has 5 nitrogen and oxygen atoms in total. The van der Waals surface area contributed by atoms with Gasteiger partial charge in [-0.05, 0) is 24.6 Å². The van der Waals surface area contributed by atoms with Crippen LogP contribution in [0.1, 0.15) is 34.0 Å². The fourth-order valence-electron chi connectivity index (χ4n) is 2.59. The van der Waals surface area contributed by atoms with Crippen LogP contribution in [-0.4, -0.2) is 18.2 Å². The van der Waals surface area contributed by atoms with Crippen molar-refractivity contribution in [2.75, 3.05) is 6.61 Å². The Kier molecular flexibility index (Phi) is 4.65. The van der Waals surface area contributed by atoms with E-state index in [2.05, 4.69) is 5.16 Å². The van der Waals surface area contributed by atoms with E-state index in [0.29, 0.717) is 12.1 Å². The predicted molar refractivity (Wildman–Crippen MR) is 87.4 cm³/mol. The Morgan fingerprint density at radius 1 is 1.36 bits per heavy atom. The van der Waals surface area contributed by atoms with Gasteiger partial charge in [-0.2, -0.15) is 0 Å². The van der Waals surface area contributed by atoms with Crippen LogP contribution in [0.2, 0.25) is 0 Å². The van der Waals surface area contributed by atoms with Gasteiger partial charge in [-0.1, -0.05) is 35.0 Å². The second-order valence-electron chi connectivity index (χ2n) is 5.76. The third kappa shape index (κ3) is 3.60. The highest BCUT2D eigenvalue weighted by molar-refractivity contribution is 5.94. The minimum atomic E-state index is -1.19. The van der Waals surface area contributed by atoms with E-state index < -0.39 is 23.1 Å². The van der Waals surface area contributed by atoms with Crippen molar-refractivity contribution in [2.24, 2.45) is 10.9 Å². The Bertz CT molecular complexity index is 852. The van der Waals surface area contributed by atoms with E-state index in [9.17, 15) is 13.6 Å². The molecule has 1 amide bonds. The van der Waals surface area contributed by atoms with Crippen LogP contribution >= 0.6 is 0 Å². The van der Waals surface area contributed by atoms with Gasteiger partial charge in [0.25, 0.3) is 5.91 Å². The monoisotopic (exact) mass is 346 g/mol. The summed E-state index contributed by atoms with van der Waals surface area (Å²) in [6.45, 7) is 1.94. The summed E-state index contributed by atoms with van der Waals surface area (Å²) in [6, 6.07) is 9.89. The van der Waals surface area contributed by atoms with Crippen molar-refractivity contribution in [2.45, 2.75) is 19.4 Å². The van der Waals surface area contributed by atoms with Gasteiger partial charge < -0.3 is 15.3 Å². The molecule has 2 N–H and O–H groups in total. The first kappa shape index (κ1) is 16.9. The largest absolute Gasteiger partial charge is 0.484 e. The number of oxime groups is 1. The molecule has 0 bridgehead atoms. The predicted octanol–water partition coefficient (Wildman–Crippen LogP) is 3.27. The maximum atomic E-state index is 14.1. The van der Waals surface area contributed by atoms with Gasteiger partial charge in [0.1, 0.15) is 18.0 Å². The molecule has 1 heterocycles. The van der Waals surface area contributed by atoms with Gasteiger partial charge in [0.05, 0.1) is 5.71 Å². The molecule has 0 aromatic heterocycles. The highest BCUT2D eigenvalue weighted by Crippen LogP contribution is 2.29. The molecule has 0 aliphatic carbocycles. The number of benzene rings is 2. The highest BCUT2D eigenvalue weighted by atomic mass is 19.1. The van der Waals surface area contributed by atoms with Gasteiger partial charge >= 0.3 is 0 Å². The Labute approximate surface area is 143 Å². The molecule has 1 unspecified atom stereocenters. The number of carbonyl (C=O) groups is 1. The number of aryl methyl sites for hydroxylation is 1. The van der Waals surface area contributed by atoms with E-state index in [0.717, 1.165) is 23.3 Å². The third-order valence-corrected chi connectivity index (χ3v) is 3.84. The maximum absolute atomic E-state index is 14.1. The van der Waals surface area contributed by atoms with Gasteiger partial charge in [-0.3, -0.25) is 4.79 Å². The van der Waals surface area contributed by atoms with Gasteiger partial charge in [-0.15, -0.1) is 0 Å². The molecule has 0 spiro atoms. The number of primary amides is 1. The zero-order valence-corrected chi connectivity index (χ0v) is 13.5. The molecule has 0 saturated heterocycles. The van der Waals surface area contributed by atoms with Crippen molar-refractivity contribution in [3.05, 3.63) is 64.7 Å². The molecular weight excluding hydrogens is 330 g/mol. The van der Waals surface area contributed by atoms with Crippen LogP contribution in [-0.2, 0) is 4.84 Å². The molecular formula is C18H16F2N2O3. The number of nitrogens with zero attached hydrogens (tertiary/aromatic N) is 1. The van der Waals surface area contributed by atoms with Crippen molar-refractivity contribution in [1.82, 2.24) is 0 Å². The van der Waals surface area contributed by atoms with E-state index in [1.54, 1.807) is 0 Å². The average molecular weight is 346 g/mol. The van der Waals surface area contributed by atoms with E-state index in [-0.39, 0.29) is 18.5 Å². The summed E-state index contributed by atoms with van der Waals surface area (Å²) in [5.74, 6) is -3.61. The summed E-state index contributed by atoms with van der Waals surface area (Å²) >= 11 is 0. The summed E-state index contributed by atoms with van der Waals surface area (Å²) in [7, 11) is 0. The lowest BCUT2D eigenvalue weighted by molar-refractivity contribution is 0.0856. The number of rotatable bonds is 5. The summed E-state index contributed by atoms with van der Waals surface area (Å²) in [5, 5.41) is 3.95. The molecule has 3 rings (SSSR count). The minimum Gasteiger partial charge on any atom is -0.484 e. The van der Waals surface area contributed by atoms with Gasteiger partial charge in [0.15, 0.2) is 17.7 Å². The maximum Gasteiger partial charge on any atom is 0.254 e. The first-order chi connectivity index (χ1) is 12.0. The number of amides is 1. The van der Waals surface area contributed by atoms with Crippen LogP contribution in [0.4, 0.5) is 8.78 Å². The smallest absolute Gasteiger partial charge is 0.254 e. The summed E-state index contributed by atoms with van der Waals surface area (Å²) in [6.07, 6.45) is 0.271. The standard InChI is InChI=1S/C18H16F2N2O3/c1-10-3-2-4-11(7-10)15-8-12(22-25-15)9-24-14-6-5-13(19)16(17(14)20)18(21)23/h2-7,15H,8-9H2,1H3,(H2,21,23). The molecule has 1 atom stereocenters. The van der Waals surface area contributed by atoms with E-state index in [1.807, 2.05) is 31.2 Å². The second-order valence-corrected chi connectivity index (χ2v) is 5.76. The zero-order chi connectivity index (χ0) is 18.0. The molecule has 7 heteroatoms. The van der Waals surface area contributed by atoms with Gasteiger partial charge in [0, 0.05) is 6.42 Å². The van der Waals surface area contributed by atoms with E-state index >= 15 is 0 Å². The van der Waals surface area contributed by atoms with Crippen molar-refractivity contribution in [3.8, 4) is 5.75 Å². The number of hydrogen-bond acceptors (Lipinski definition) is 4. The van der Waals surface area contributed by atoms with E-state index in [1.165, 1.54) is 0 Å². The summed E-state index contributed by atoms with van der Waals surface area (Å²) in [4.78, 5) is 16.5. The Morgan fingerprint density at radius 3 is 2.88 bits per heavy atom. The Morgan fingerprint density at radius 2 is 2.16 bits per heavy atom. The Balaban J connectivity index is 1.66. The van der Waals surface area contributed by atoms with Crippen LogP contribution < -0.4 is 10.5 Å². The number of halogens is 2. The first-order valence-corrected chi connectivity index (χ1v) is 7.64. The quantitative estimate of drug-likeness (QED) is 0.903. The summed E-state index contributed by atoms with van der Waals surface area (Å²) in [5.41, 5.74) is 6.84. The molecule has 0 radical (unpaired) electrons. The zero-order valence-electron chi connectivity index (χ0n) is 13.5. The highest BCUT2D eigenvalue weighted by Gasteiger charge is 2.24. The second kappa shape index (κ2) is 6.88. The molecule has 2 aromatic carbocycles. The van der Waals surface area contributed by atoms with Crippen molar-refractivity contribution >= 4 is 11.6 Å². The van der Waals surface area contributed by atoms with Crippen molar-refractivity contribution < 1.29 is 23.1 Å². The summed E-state index contributed by atoms with van der Waals surface area (Å²) < 4.78 is 32.9. The third-order valence-electron chi connectivity index (χ3n) is 3.84. The van der Waals surface area contributed by atoms with Crippen molar-refractivity contribution in [3.63, 3.8) is 0 Å². The normalized spacial score (nSPS) is 16.3. The molecule has 2 aromatic rings. The lowest BCUT2D eigenvalue weighted by Crippen LogP contribution is -2.17. The van der Waals surface area contributed by atoms with Crippen molar-refractivity contribution in [1.29, 1.82) is 0 Å². The average Bonchev–Trinajstić information content (AvgIpc) is 3.03. The number of hydrogen-bond donors (Lipinski definition) is 1. The molecule has 0 fully saturated rings. The van der Waals surface area contributed by atoms with Crippen LogP contribution in [0.3, 0.4) is 0 Å². The fraction of sp³-hybridized carbons (Fsp3) is 0.222. The van der Waals surface area contributed by atoms with Gasteiger partial charge in [0.2, 0.25) is 0 Å².